The van der Waals surface area contributed by atoms with Gasteiger partial charge in [0.25, 0.3) is 5.82 Å². The van der Waals surface area contributed by atoms with Crippen molar-refractivity contribution in [2.24, 2.45) is 0 Å². The predicted octanol–water partition coefficient (Wildman–Crippen LogP) is 3.52. The lowest BCUT2D eigenvalue weighted by molar-refractivity contribution is -0.703. The summed E-state index contributed by atoms with van der Waals surface area (Å²) in [4.78, 5) is 0. The Bertz CT molecular complexity index is 471. The molecule has 0 radical (unpaired) electrons. The Hall–Kier alpha value is -1.57. The van der Waals surface area contributed by atoms with E-state index in [9.17, 15) is 0 Å². The van der Waals surface area contributed by atoms with Gasteiger partial charge in [0, 0.05) is 6.42 Å². The summed E-state index contributed by atoms with van der Waals surface area (Å²) in [5, 5.41) is 0. The normalized spacial score (nSPS) is 10.8. The summed E-state index contributed by atoms with van der Waals surface area (Å²) in [6.45, 7) is 5.62. The van der Waals surface area contributed by atoms with Crippen molar-refractivity contribution >= 4 is 0 Å². The molecule has 0 spiro atoms. The second-order valence-electron chi connectivity index (χ2n) is 4.72. The van der Waals surface area contributed by atoms with E-state index >= 15 is 0 Å². The molecule has 0 unspecified atom stereocenters. The van der Waals surface area contributed by atoms with Crippen LogP contribution in [-0.2, 0) is 13.0 Å². The molecule has 2 rings (SSSR count). The highest BCUT2D eigenvalue weighted by molar-refractivity contribution is 5.31. The fourth-order valence-electron chi connectivity index (χ4n) is 2.30. The predicted molar refractivity (Wildman–Crippen MR) is 74.9 cm³/mol. The van der Waals surface area contributed by atoms with E-state index in [0.29, 0.717) is 0 Å². The number of imidazole rings is 1. The van der Waals surface area contributed by atoms with Crippen LogP contribution in [0.25, 0.3) is 5.69 Å². The van der Waals surface area contributed by atoms with Gasteiger partial charge in [0.05, 0.1) is 6.54 Å². The van der Waals surface area contributed by atoms with Crippen LogP contribution >= 0.6 is 0 Å². The van der Waals surface area contributed by atoms with Crippen molar-refractivity contribution in [3.8, 4) is 5.69 Å². The maximum atomic E-state index is 2.40. The molecule has 2 nitrogen and oxygen atoms in total. The molecule has 1 aromatic heterocycles. The molecule has 0 saturated carbocycles. The topological polar surface area (TPSA) is 8.81 Å². The van der Waals surface area contributed by atoms with E-state index in [1.165, 1.54) is 30.8 Å². The Balaban J connectivity index is 2.32. The van der Waals surface area contributed by atoms with Crippen molar-refractivity contribution in [1.29, 1.82) is 0 Å². The average Bonchev–Trinajstić information content (AvgIpc) is 2.81. The molecule has 1 heterocycles. The third-order valence-electron chi connectivity index (χ3n) is 3.27. The molecule has 0 aliphatic rings. The summed E-state index contributed by atoms with van der Waals surface area (Å²) in [7, 11) is 0. The van der Waals surface area contributed by atoms with Crippen LogP contribution in [0.5, 0.6) is 0 Å². The number of para-hydroxylation sites is 1. The summed E-state index contributed by atoms with van der Waals surface area (Å²) >= 11 is 0. The number of aryl methyl sites for hydroxylation is 1. The molecule has 2 heteroatoms. The molecule has 18 heavy (non-hydrogen) atoms. The number of hydrogen-bond donors (Lipinski definition) is 0. The molecule has 0 bridgehead atoms. The van der Waals surface area contributed by atoms with Crippen molar-refractivity contribution in [1.82, 2.24) is 4.57 Å². The summed E-state index contributed by atoms with van der Waals surface area (Å²) in [5.74, 6) is 1.41. The van der Waals surface area contributed by atoms with Crippen molar-refractivity contribution in [2.75, 3.05) is 0 Å². The standard InChI is InChI=1S/C16H23N2/c1-3-5-12-17-13-14-18(16(17)9-4-2)15-10-7-6-8-11-15/h6-8,10-11,13-14H,3-5,9,12H2,1-2H3/q+1. The third-order valence-corrected chi connectivity index (χ3v) is 3.27. The van der Waals surface area contributed by atoms with Gasteiger partial charge in [-0.05, 0) is 25.0 Å². The molecule has 0 saturated heterocycles. The maximum Gasteiger partial charge on any atom is 0.261 e. The third kappa shape index (κ3) is 2.81. The molecule has 0 aliphatic heterocycles. The molecule has 0 fully saturated rings. The van der Waals surface area contributed by atoms with Gasteiger partial charge >= 0.3 is 0 Å². The quantitative estimate of drug-likeness (QED) is 0.686. The summed E-state index contributed by atoms with van der Waals surface area (Å²) in [6.07, 6.45) is 9.22. The lowest BCUT2D eigenvalue weighted by Gasteiger charge is -2.03. The van der Waals surface area contributed by atoms with Gasteiger partial charge in [0.1, 0.15) is 18.1 Å². The first-order valence-electron chi connectivity index (χ1n) is 7.02. The van der Waals surface area contributed by atoms with Gasteiger partial charge in [-0.1, -0.05) is 38.5 Å². The Morgan fingerprint density at radius 3 is 2.50 bits per heavy atom. The van der Waals surface area contributed by atoms with Crippen molar-refractivity contribution in [3.63, 3.8) is 0 Å². The maximum absolute atomic E-state index is 2.40. The summed E-state index contributed by atoms with van der Waals surface area (Å²) in [5.41, 5.74) is 1.26. The lowest BCUT2D eigenvalue weighted by Crippen LogP contribution is -2.37. The number of aromatic nitrogens is 2. The van der Waals surface area contributed by atoms with E-state index in [1.54, 1.807) is 0 Å². The van der Waals surface area contributed by atoms with Gasteiger partial charge in [-0.2, -0.15) is 4.57 Å². The molecule has 0 atom stereocenters. The van der Waals surface area contributed by atoms with E-state index < -0.39 is 0 Å². The monoisotopic (exact) mass is 243 g/mol. The number of rotatable bonds is 6. The number of benzene rings is 1. The molecule has 2 aromatic rings. The van der Waals surface area contributed by atoms with Gasteiger partial charge in [0.2, 0.25) is 0 Å². The Labute approximate surface area is 110 Å². The smallest absolute Gasteiger partial charge is 0.234 e. The van der Waals surface area contributed by atoms with E-state index in [4.69, 9.17) is 0 Å². The molecule has 96 valence electrons. The summed E-state index contributed by atoms with van der Waals surface area (Å²) < 4.78 is 4.72. The van der Waals surface area contributed by atoms with Crippen LogP contribution in [-0.4, -0.2) is 4.57 Å². The van der Waals surface area contributed by atoms with Gasteiger partial charge in [0.15, 0.2) is 0 Å². The molecular formula is C16H23N2+. The zero-order valence-corrected chi connectivity index (χ0v) is 11.5. The zero-order chi connectivity index (χ0) is 12.8. The SMILES string of the molecule is CCCC[n+]1ccn(-c2ccccc2)c1CCC. The highest BCUT2D eigenvalue weighted by atomic mass is 15.1. The number of hydrogen-bond acceptors (Lipinski definition) is 0. The molecule has 0 amide bonds. The van der Waals surface area contributed by atoms with E-state index in [-0.39, 0.29) is 0 Å². The van der Waals surface area contributed by atoms with Crippen LogP contribution in [0.3, 0.4) is 0 Å². The molecule has 1 aromatic carbocycles. The number of unbranched alkanes of at least 4 members (excludes halogenated alkanes) is 1. The minimum absolute atomic E-state index is 1.13. The van der Waals surface area contributed by atoms with Gasteiger partial charge in [-0.15, -0.1) is 0 Å². The Morgan fingerprint density at radius 2 is 1.83 bits per heavy atom. The summed E-state index contributed by atoms with van der Waals surface area (Å²) in [6, 6.07) is 10.6. The number of nitrogens with zero attached hydrogens (tertiary/aromatic N) is 2. The lowest BCUT2D eigenvalue weighted by atomic mass is 10.2. The largest absolute Gasteiger partial charge is 0.261 e. The van der Waals surface area contributed by atoms with E-state index in [0.717, 1.165) is 13.0 Å². The van der Waals surface area contributed by atoms with Crippen LogP contribution in [0.4, 0.5) is 0 Å². The van der Waals surface area contributed by atoms with Crippen LogP contribution in [0.15, 0.2) is 42.7 Å². The van der Waals surface area contributed by atoms with Crippen molar-refractivity contribution in [2.45, 2.75) is 46.1 Å². The van der Waals surface area contributed by atoms with Gasteiger partial charge in [-0.3, -0.25) is 0 Å². The van der Waals surface area contributed by atoms with Gasteiger partial charge < -0.3 is 0 Å². The van der Waals surface area contributed by atoms with Gasteiger partial charge in [-0.25, -0.2) is 4.57 Å². The minimum atomic E-state index is 1.13. The fourth-order valence-corrected chi connectivity index (χ4v) is 2.30. The van der Waals surface area contributed by atoms with E-state index in [1.807, 2.05) is 0 Å². The fraction of sp³-hybridized carbons (Fsp3) is 0.438. The molecular weight excluding hydrogens is 220 g/mol. The Kier molecular flexibility index (Phi) is 4.57. The minimum Gasteiger partial charge on any atom is -0.234 e. The molecule has 0 aliphatic carbocycles. The first-order chi connectivity index (χ1) is 8.86. The Morgan fingerprint density at radius 1 is 1.06 bits per heavy atom. The van der Waals surface area contributed by atoms with Crippen LogP contribution in [0, 0.1) is 0 Å². The zero-order valence-electron chi connectivity index (χ0n) is 11.5. The van der Waals surface area contributed by atoms with Crippen LogP contribution in [0.2, 0.25) is 0 Å². The second kappa shape index (κ2) is 6.39. The van der Waals surface area contributed by atoms with E-state index in [2.05, 4.69) is 65.7 Å². The average molecular weight is 243 g/mol. The highest BCUT2D eigenvalue weighted by Crippen LogP contribution is 2.10. The van der Waals surface area contributed by atoms with Crippen LogP contribution in [0.1, 0.15) is 38.9 Å². The first kappa shape index (κ1) is 12.9. The van der Waals surface area contributed by atoms with Crippen molar-refractivity contribution in [3.05, 3.63) is 48.5 Å². The first-order valence-corrected chi connectivity index (χ1v) is 7.02. The highest BCUT2D eigenvalue weighted by Gasteiger charge is 2.16. The second-order valence-corrected chi connectivity index (χ2v) is 4.72. The van der Waals surface area contributed by atoms with Crippen LogP contribution < -0.4 is 4.57 Å². The van der Waals surface area contributed by atoms with Crippen molar-refractivity contribution < 1.29 is 4.57 Å². The molecule has 0 N–H and O–H groups in total.